The van der Waals surface area contributed by atoms with Crippen molar-refractivity contribution in [3.05, 3.63) is 104 Å². The van der Waals surface area contributed by atoms with E-state index in [1.807, 2.05) is 80.6 Å². The van der Waals surface area contributed by atoms with Crippen molar-refractivity contribution in [3.8, 4) is 11.5 Å². The topological polar surface area (TPSA) is 87.5 Å². The Labute approximate surface area is 262 Å². The van der Waals surface area contributed by atoms with Crippen LogP contribution < -0.4 is 14.8 Å². The molecule has 0 aliphatic carbocycles. The van der Waals surface area contributed by atoms with Gasteiger partial charge in [-0.25, -0.2) is 9.48 Å². The monoisotopic (exact) mass is 668 g/mol. The first-order valence-electron chi connectivity index (χ1n) is 13.4. The summed E-state index contributed by atoms with van der Waals surface area (Å²) in [5.74, 6) is 1.77. The Hall–Kier alpha value is -3.47. The van der Waals surface area contributed by atoms with Gasteiger partial charge >= 0.3 is 5.97 Å². The standard InChI is InChI=1S/C31H30BrClN4O4S/c1-4-14-40-29(38)26-19(2)34-30-35-31(42-18-21-12-8-9-13-24(21)33)36-37(30)27(26)22-15-23(32)28(25(16-22)39-3)41-17-20-10-6-5-7-11-20/h5-13,15-16,27H,4,14,17-18H2,1-3H3,(H,34,35,36). The van der Waals surface area contributed by atoms with Crippen LogP contribution in [-0.2, 0) is 21.9 Å². The van der Waals surface area contributed by atoms with Crippen LogP contribution in [0.3, 0.4) is 0 Å². The molecule has 1 atom stereocenters. The third-order valence-corrected chi connectivity index (χ3v) is 8.44. The average Bonchev–Trinajstić information content (AvgIpc) is 3.40. The predicted octanol–water partition coefficient (Wildman–Crippen LogP) is 7.82. The number of allylic oxidation sites excluding steroid dienone is 1. The number of anilines is 1. The van der Waals surface area contributed by atoms with Crippen molar-refractivity contribution in [1.29, 1.82) is 0 Å². The number of carbonyl (C=O) groups excluding carboxylic acids is 1. The van der Waals surface area contributed by atoms with E-state index in [2.05, 4.69) is 21.2 Å². The van der Waals surface area contributed by atoms with E-state index in [1.165, 1.54) is 11.8 Å². The predicted molar refractivity (Wildman–Crippen MR) is 168 cm³/mol. The highest BCUT2D eigenvalue weighted by Gasteiger charge is 2.36. The zero-order chi connectivity index (χ0) is 29.6. The number of nitrogens with one attached hydrogen (secondary N) is 1. The fourth-order valence-electron chi connectivity index (χ4n) is 4.56. The van der Waals surface area contributed by atoms with Crippen molar-refractivity contribution in [3.63, 3.8) is 0 Å². The van der Waals surface area contributed by atoms with Gasteiger partial charge in [-0.3, -0.25) is 0 Å². The maximum atomic E-state index is 13.4. The molecule has 0 saturated heterocycles. The summed E-state index contributed by atoms with van der Waals surface area (Å²) >= 11 is 11.5. The lowest BCUT2D eigenvalue weighted by Crippen LogP contribution is -2.30. The van der Waals surface area contributed by atoms with Crippen molar-refractivity contribution in [2.24, 2.45) is 0 Å². The van der Waals surface area contributed by atoms with E-state index in [0.29, 0.717) is 68.8 Å². The van der Waals surface area contributed by atoms with E-state index in [9.17, 15) is 4.79 Å². The van der Waals surface area contributed by atoms with Crippen LogP contribution in [0.2, 0.25) is 5.02 Å². The van der Waals surface area contributed by atoms with Gasteiger partial charge in [0.05, 0.1) is 23.8 Å². The molecule has 5 rings (SSSR count). The second-order valence-electron chi connectivity index (χ2n) is 9.55. The van der Waals surface area contributed by atoms with Crippen molar-refractivity contribution >= 4 is 51.2 Å². The maximum Gasteiger partial charge on any atom is 0.338 e. The van der Waals surface area contributed by atoms with Crippen LogP contribution in [0.1, 0.15) is 43.0 Å². The zero-order valence-corrected chi connectivity index (χ0v) is 26.6. The van der Waals surface area contributed by atoms with Crippen LogP contribution in [-0.4, -0.2) is 34.5 Å². The molecule has 1 unspecified atom stereocenters. The third-order valence-electron chi connectivity index (χ3n) is 6.60. The molecular formula is C31H30BrClN4O4S. The first kappa shape index (κ1) is 30.0. The van der Waals surface area contributed by atoms with Crippen LogP contribution in [0.4, 0.5) is 5.95 Å². The molecule has 1 aromatic heterocycles. The van der Waals surface area contributed by atoms with Gasteiger partial charge in [0.15, 0.2) is 11.5 Å². The summed E-state index contributed by atoms with van der Waals surface area (Å²) in [7, 11) is 1.59. The minimum atomic E-state index is -0.624. The number of ether oxygens (including phenoxy) is 3. The number of carbonyl (C=O) groups is 1. The van der Waals surface area contributed by atoms with Gasteiger partial charge in [-0.2, -0.15) is 4.98 Å². The molecular weight excluding hydrogens is 640 g/mol. The quantitative estimate of drug-likeness (QED) is 0.128. The molecule has 4 aromatic rings. The highest BCUT2D eigenvalue weighted by molar-refractivity contribution is 9.10. The minimum absolute atomic E-state index is 0.310. The molecule has 1 aliphatic heterocycles. The lowest BCUT2D eigenvalue weighted by atomic mass is 9.95. The SMILES string of the molecule is CCCOC(=O)C1=C(C)Nc2nc(SCc3ccccc3Cl)nn2C1c1cc(Br)c(OCc2ccccc2)c(OC)c1. The number of nitrogens with zero attached hydrogens (tertiary/aromatic N) is 3. The largest absolute Gasteiger partial charge is 0.493 e. The molecule has 1 aliphatic rings. The Morgan fingerprint density at radius 3 is 2.64 bits per heavy atom. The molecule has 0 saturated carbocycles. The van der Waals surface area contributed by atoms with Crippen LogP contribution in [0.15, 0.2) is 87.6 Å². The number of hydrogen-bond acceptors (Lipinski definition) is 8. The summed E-state index contributed by atoms with van der Waals surface area (Å²) in [5.41, 5.74) is 3.85. The van der Waals surface area contributed by atoms with Gasteiger partial charge in [0.25, 0.3) is 0 Å². The second kappa shape index (κ2) is 13.7. The molecule has 0 fully saturated rings. The minimum Gasteiger partial charge on any atom is -0.493 e. The number of esters is 1. The van der Waals surface area contributed by atoms with Crippen LogP contribution in [0.5, 0.6) is 11.5 Å². The van der Waals surface area contributed by atoms with E-state index in [4.69, 9.17) is 35.9 Å². The van der Waals surface area contributed by atoms with Gasteiger partial charge in [-0.15, -0.1) is 5.10 Å². The molecule has 0 amide bonds. The molecule has 0 spiro atoms. The number of methoxy groups -OCH3 is 1. The molecule has 0 radical (unpaired) electrons. The van der Waals surface area contributed by atoms with Crippen LogP contribution >= 0.6 is 39.3 Å². The lowest BCUT2D eigenvalue weighted by molar-refractivity contribution is -0.139. The van der Waals surface area contributed by atoms with Gasteiger partial charge in [-0.05, 0) is 64.2 Å². The summed E-state index contributed by atoms with van der Waals surface area (Å²) in [6.45, 7) is 4.48. The molecule has 3 aromatic carbocycles. The van der Waals surface area contributed by atoms with Gasteiger partial charge in [0.2, 0.25) is 11.1 Å². The average molecular weight is 670 g/mol. The van der Waals surface area contributed by atoms with Gasteiger partial charge in [0, 0.05) is 16.5 Å². The number of aromatic nitrogens is 3. The molecule has 11 heteroatoms. The summed E-state index contributed by atoms with van der Waals surface area (Å²) in [5, 5.41) is 9.31. The fourth-order valence-corrected chi connectivity index (χ4v) is 6.25. The first-order valence-corrected chi connectivity index (χ1v) is 15.6. The highest BCUT2D eigenvalue weighted by atomic mass is 79.9. The van der Waals surface area contributed by atoms with Gasteiger partial charge in [0.1, 0.15) is 12.6 Å². The Morgan fingerprint density at radius 1 is 1.14 bits per heavy atom. The van der Waals surface area contributed by atoms with Crippen LogP contribution in [0, 0.1) is 0 Å². The van der Waals surface area contributed by atoms with Gasteiger partial charge in [-0.1, -0.05) is 78.8 Å². The summed E-state index contributed by atoms with van der Waals surface area (Å²) < 4.78 is 19.9. The molecule has 42 heavy (non-hydrogen) atoms. The molecule has 2 heterocycles. The number of thioether (sulfide) groups is 1. The Bertz CT molecular complexity index is 1610. The summed E-state index contributed by atoms with van der Waals surface area (Å²) in [6, 6.07) is 20.7. The fraction of sp³-hybridized carbons (Fsp3) is 0.258. The number of benzene rings is 3. The smallest absolute Gasteiger partial charge is 0.338 e. The first-order chi connectivity index (χ1) is 20.4. The number of halogens is 2. The molecule has 8 nitrogen and oxygen atoms in total. The zero-order valence-electron chi connectivity index (χ0n) is 23.4. The maximum absolute atomic E-state index is 13.4. The van der Waals surface area contributed by atoms with E-state index >= 15 is 0 Å². The molecule has 218 valence electrons. The summed E-state index contributed by atoms with van der Waals surface area (Å²) in [6.07, 6.45) is 0.709. The van der Waals surface area contributed by atoms with Gasteiger partial charge < -0.3 is 19.5 Å². The number of hydrogen-bond donors (Lipinski definition) is 1. The van der Waals surface area contributed by atoms with Crippen molar-refractivity contribution in [1.82, 2.24) is 14.8 Å². The number of rotatable bonds is 11. The van der Waals surface area contributed by atoms with E-state index in [1.54, 1.807) is 11.8 Å². The Kier molecular flexibility index (Phi) is 9.76. The lowest BCUT2D eigenvalue weighted by Gasteiger charge is -2.28. The van der Waals surface area contributed by atoms with E-state index < -0.39 is 12.0 Å². The van der Waals surface area contributed by atoms with Crippen molar-refractivity contribution in [2.75, 3.05) is 19.0 Å². The van der Waals surface area contributed by atoms with E-state index in [0.717, 1.165) is 16.7 Å². The highest BCUT2D eigenvalue weighted by Crippen LogP contribution is 2.43. The Balaban J connectivity index is 1.51. The molecule has 1 N–H and O–H groups in total. The van der Waals surface area contributed by atoms with E-state index in [-0.39, 0.29) is 0 Å². The normalized spacial score (nSPS) is 14.3. The second-order valence-corrected chi connectivity index (χ2v) is 11.8. The molecule has 0 bridgehead atoms. The Morgan fingerprint density at radius 2 is 1.90 bits per heavy atom. The summed E-state index contributed by atoms with van der Waals surface area (Å²) in [4.78, 5) is 18.1. The third kappa shape index (κ3) is 6.61. The van der Waals surface area contributed by atoms with Crippen LogP contribution in [0.25, 0.3) is 0 Å². The van der Waals surface area contributed by atoms with Crippen molar-refractivity contribution in [2.45, 2.75) is 43.8 Å². The number of fused-ring (bicyclic) bond motifs is 1. The van der Waals surface area contributed by atoms with Crippen molar-refractivity contribution < 1.29 is 19.0 Å².